The molecule has 170 valence electrons. The maximum Gasteiger partial charge on any atom is 0.325 e. The first kappa shape index (κ1) is 23.1. The smallest absolute Gasteiger partial charge is 0.325 e. The fourth-order valence-corrected chi connectivity index (χ4v) is 5.89. The number of amides is 4. The lowest BCUT2D eigenvalue weighted by molar-refractivity contribution is -0.141. The molecule has 4 amide bonds. The highest BCUT2D eigenvalue weighted by Gasteiger charge is 2.50. The van der Waals surface area contributed by atoms with Crippen molar-refractivity contribution < 1.29 is 27.5 Å². The predicted octanol–water partition coefficient (Wildman–Crippen LogP) is 1.28. The lowest BCUT2D eigenvalue weighted by Crippen LogP contribution is -2.51. The molecule has 0 saturated carbocycles. The molecule has 1 aromatic carbocycles. The van der Waals surface area contributed by atoms with Gasteiger partial charge in [0.15, 0.2) is 9.84 Å². The summed E-state index contributed by atoms with van der Waals surface area (Å²) >= 11 is 0. The van der Waals surface area contributed by atoms with Crippen molar-refractivity contribution in [2.24, 2.45) is 0 Å². The summed E-state index contributed by atoms with van der Waals surface area (Å²) in [5.74, 6) is -0.395. The monoisotopic (exact) mass is 451 g/mol. The number of methoxy groups -OCH3 is 1. The number of carbonyl (C=O) groups is 3. The van der Waals surface area contributed by atoms with Crippen molar-refractivity contribution in [3.8, 4) is 5.75 Å². The Morgan fingerprint density at radius 2 is 1.97 bits per heavy atom. The zero-order valence-corrected chi connectivity index (χ0v) is 19.1. The number of imide groups is 1. The topological polar surface area (TPSA) is 113 Å². The van der Waals surface area contributed by atoms with E-state index in [9.17, 15) is 22.8 Å². The summed E-state index contributed by atoms with van der Waals surface area (Å²) in [6.07, 6.45) is 0.994. The van der Waals surface area contributed by atoms with Crippen molar-refractivity contribution in [2.75, 3.05) is 25.2 Å². The van der Waals surface area contributed by atoms with Crippen molar-refractivity contribution in [3.05, 3.63) is 29.8 Å². The van der Waals surface area contributed by atoms with E-state index in [0.717, 1.165) is 4.90 Å². The molecular formula is C21H29N3O6S. The summed E-state index contributed by atoms with van der Waals surface area (Å²) in [4.78, 5) is 41.4. The van der Waals surface area contributed by atoms with E-state index in [1.54, 1.807) is 31.2 Å². The maximum atomic E-state index is 13.2. The fourth-order valence-electron chi connectivity index (χ4n) is 4.18. The molecule has 9 nitrogen and oxygen atoms in total. The quantitative estimate of drug-likeness (QED) is 0.625. The van der Waals surface area contributed by atoms with Crippen LogP contribution in [0.15, 0.2) is 24.3 Å². The summed E-state index contributed by atoms with van der Waals surface area (Å²) in [5, 5.41) is 2.68. The third-order valence-corrected chi connectivity index (χ3v) is 7.94. The Morgan fingerprint density at radius 1 is 1.32 bits per heavy atom. The molecule has 0 bridgehead atoms. The van der Waals surface area contributed by atoms with Crippen molar-refractivity contribution in [1.82, 2.24) is 15.1 Å². The number of hydrogen-bond donors (Lipinski definition) is 1. The molecule has 0 unspecified atom stereocenters. The highest BCUT2D eigenvalue weighted by molar-refractivity contribution is 7.91. The van der Waals surface area contributed by atoms with Gasteiger partial charge in [0.2, 0.25) is 5.91 Å². The predicted molar refractivity (Wildman–Crippen MR) is 114 cm³/mol. The zero-order valence-electron chi connectivity index (χ0n) is 18.3. The van der Waals surface area contributed by atoms with Crippen LogP contribution in [0.4, 0.5) is 4.79 Å². The van der Waals surface area contributed by atoms with Crippen LogP contribution in [0.2, 0.25) is 0 Å². The Kier molecular flexibility index (Phi) is 6.31. The molecule has 0 spiro atoms. The number of carbonyl (C=O) groups excluding carboxylic acids is 3. The number of nitrogens with zero attached hydrogens (tertiary/aromatic N) is 2. The third kappa shape index (κ3) is 4.39. The highest BCUT2D eigenvalue weighted by atomic mass is 32.2. The Balaban J connectivity index is 1.81. The van der Waals surface area contributed by atoms with Crippen molar-refractivity contribution in [1.29, 1.82) is 0 Å². The van der Waals surface area contributed by atoms with E-state index in [1.165, 1.54) is 12.0 Å². The fraction of sp³-hybridized carbons (Fsp3) is 0.571. The number of sulfone groups is 1. The number of benzene rings is 1. The molecule has 3 atom stereocenters. The average Bonchev–Trinajstić information content (AvgIpc) is 3.19. The molecule has 1 aromatic rings. The highest BCUT2D eigenvalue weighted by Crippen LogP contribution is 2.30. The first-order valence-corrected chi connectivity index (χ1v) is 12.1. The normalized spacial score (nSPS) is 25.9. The van der Waals surface area contributed by atoms with Gasteiger partial charge in [-0.1, -0.05) is 19.1 Å². The van der Waals surface area contributed by atoms with Crippen molar-refractivity contribution in [3.63, 3.8) is 0 Å². The number of urea groups is 1. The molecular weight excluding hydrogens is 422 g/mol. The minimum atomic E-state index is -3.19. The molecule has 2 fully saturated rings. The minimum Gasteiger partial charge on any atom is -0.497 e. The van der Waals surface area contributed by atoms with Crippen LogP contribution in [0.5, 0.6) is 5.75 Å². The molecule has 10 heteroatoms. The first-order valence-electron chi connectivity index (χ1n) is 10.3. The lowest BCUT2D eigenvalue weighted by Gasteiger charge is -2.34. The van der Waals surface area contributed by atoms with Gasteiger partial charge in [-0.2, -0.15) is 0 Å². The van der Waals surface area contributed by atoms with Crippen LogP contribution in [-0.2, 0) is 25.0 Å². The van der Waals surface area contributed by atoms with E-state index in [0.29, 0.717) is 24.2 Å². The molecule has 31 heavy (non-hydrogen) atoms. The van der Waals surface area contributed by atoms with Crippen LogP contribution in [0.25, 0.3) is 0 Å². The van der Waals surface area contributed by atoms with E-state index >= 15 is 0 Å². The van der Waals surface area contributed by atoms with Crippen molar-refractivity contribution >= 4 is 27.7 Å². The van der Waals surface area contributed by atoms with E-state index in [-0.39, 0.29) is 17.5 Å². The molecule has 0 aliphatic carbocycles. The zero-order chi connectivity index (χ0) is 23.0. The van der Waals surface area contributed by atoms with Gasteiger partial charge in [0, 0.05) is 12.1 Å². The third-order valence-electron chi connectivity index (χ3n) is 6.19. The van der Waals surface area contributed by atoms with Gasteiger partial charge in [0.1, 0.15) is 17.8 Å². The first-order chi connectivity index (χ1) is 14.5. The minimum absolute atomic E-state index is 0.0382. The summed E-state index contributed by atoms with van der Waals surface area (Å²) < 4.78 is 29.0. The average molecular weight is 452 g/mol. The van der Waals surface area contributed by atoms with E-state index in [4.69, 9.17) is 4.74 Å². The second-order valence-corrected chi connectivity index (χ2v) is 10.5. The van der Waals surface area contributed by atoms with E-state index in [2.05, 4.69) is 5.32 Å². The van der Waals surface area contributed by atoms with Crippen LogP contribution < -0.4 is 10.1 Å². The number of ether oxygens (including phenoxy) is 1. The van der Waals surface area contributed by atoms with Crippen LogP contribution >= 0.6 is 0 Å². The second kappa shape index (κ2) is 8.49. The molecule has 1 N–H and O–H groups in total. The van der Waals surface area contributed by atoms with E-state index < -0.39 is 45.8 Å². The van der Waals surface area contributed by atoms with Gasteiger partial charge in [-0.05, 0) is 44.4 Å². The molecule has 2 heterocycles. The molecule has 0 radical (unpaired) electrons. The maximum absolute atomic E-state index is 13.2. The summed E-state index contributed by atoms with van der Waals surface area (Å²) in [5.41, 5.74) is -0.732. The van der Waals surface area contributed by atoms with Gasteiger partial charge < -0.3 is 15.0 Å². The van der Waals surface area contributed by atoms with Crippen LogP contribution in [0, 0.1) is 0 Å². The lowest BCUT2D eigenvalue weighted by atomic mass is 9.92. The molecule has 3 rings (SSSR count). The molecule has 0 aromatic heterocycles. The summed E-state index contributed by atoms with van der Waals surface area (Å²) in [6.45, 7) is 4.91. The molecule has 2 aliphatic rings. The van der Waals surface area contributed by atoms with Gasteiger partial charge in [-0.3, -0.25) is 14.5 Å². The Morgan fingerprint density at radius 3 is 2.48 bits per heavy atom. The molecule has 2 aliphatic heterocycles. The summed E-state index contributed by atoms with van der Waals surface area (Å²) in [6, 6.07) is 5.47. The van der Waals surface area contributed by atoms with Gasteiger partial charge >= 0.3 is 6.03 Å². The van der Waals surface area contributed by atoms with E-state index in [1.807, 2.05) is 13.8 Å². The largest absolute Gasteiger partial charge is 0.497 e. The summed E-state index contributed by atoms with van der Waals surface area (Å²) in [7, 11) is -1.66. The van der Waals surface area contributed by atoms with Gasteiger partial charge in [0.25, 0.3) is 5.91 Å². The Bertz CT molecular complexity index is 977. The SMILES string of the molecule is CC[C@@H](C)N(C(=O)CN1C(=O)N[C@](C)(c2ccc(OC)cc2)C1=O)[C@H]1CCS(=O)(=O)C1. The number of hydrogen-bond acceptors (Lipinski definition) is 6. The second-order valence-electron chi connectivity index (χ2n) is 8.29. The van der Waals surface area contributed by atoms with Gasteiger partial charge in [0.05, 0.1) is 18.6 Å². The number of nitrogens with one attached hydrogen (secondary N) is 1. The standard InChI is InChI=1S/C21H29N3O6S/c1-5-14(2)24(16-10-11-31(28,29)13-16)18(25)12-23-19(26)21(3,22-20(23)27)15-6-8-17(30-4)9-7-15/h6-9,14,16H,5,10-13H2,1-4H3,(H,22,27)/t14-,16+,21-/m1/s1. The number of rotatable bonds is 7. The van der Waals surface area contributed by atoms with Crippen molar-refractivity contribution in [2.45, 2.75) is 51.2 Å². The Labute approximate surface area is 182 Å². The van der Waals surface area contributed by atoms with Crippen LogP contribution in [0.3, 0.4) is 0 Å². The Hall–Kier alpha value is -2.62. The van der Waals surface area contributed by atoms with Crippen LogP contribution in [0.1, 0.15) is 39.2 Å². The van der Waals surface area contributed by atoms with Crippen LogP contribution in [-0.4, -0.2) is 73.3 Å². The van der Waals surface area contributed by atoms with Gasteiger partial charge in [-0.25, -0.2) is 13.2 Å². The van der Waals surface area contributed by atoms with Gasteiger partial charge in [-0.15, -0.1) is 0 Å². The molecule has 2 saturated heterocycles.